The van der Waals surface area contributed by atoms with Crippen LogP contribution in [0.15, 0.2) is 36.4 Å². The molecule has 0 saturated carbocycles. The lowest BCUT2D eigenvalue weighted by Gasteiger charge is -2.43. The highest BCUT2D eigenvalue weighted by atomic mass is 35.5. The first-order valence-electron chi connectivity index (χ1n) is 21.7. The van der Waals surface area contributed by atoms with Crippen LogP contribution in [0, 0.1) is 0 Å². The molecule has 14 nitrogen and oxygen atoms in total. The summed E-state index contributed by atoms with van der Waals surface area (Å²) in [6.07, 6.45) is -0.253. The van der Waals surface area contributed by atoms with Gasteiger partial charge in [-0.3, -0.25) is 24.3 Å². The molecule has 1 atom stereocenters. The number of urea groups is 1. The number of amides is 4. The van der Waals surface area contributed by atoms with Crippen molar-refractivity contribution in [2.45, 2.75) is 82.2 Å². The van der Waals surface area contributed by atoms with E-state index in [2.05, 4.69) is 20.0 Å². The first-order valence-corrected chi connectivity index (χ1v) is 22.1. The lowest BCUT2D eigenvalue weighted by molar-refractivity contribution is -0.146. The summed E-state index contributed by atoms with van der Waals surface area (Å²) in [6.45, 7) is 7.99. The van der Waals surface area contributed by atoms with E-state index >= 15 is 0 Å². The van der Waals surface area contributed by atoms with E-state index in [1.54, 1.807) is 9.80 Å². The summed E-state index contributed by atoms with van der Waals surface area (Å²) in [4.78, 5) is 65.3. The van der Waals surface area contributed by atoms with Gasteiger partial charge in [-0.1, -0.05) is 36.2 Å². The van der Waals surface area contributed by atoms with Gasteiger partial charge in [0.1, 0.15) is 6.61 Å². The van der Waals surface area contributed by atoms with Crippen LogP contribution in [-0.2, 0) is 38.1 Å². The number of likely N-dealkylation sites (tertiary alicyclic amines) is 3. The molecule has 7 rings (SSSR count). The Kier molecular flexibility index (Phi) is 14.8. The fourth-order valence-electron chi connectivity index (χ4n) is 9.37. The number of carbonyl (C=O) groups is 4. The van der Waals surface area contributed by atoms with Crippen molar-refractivity contribution in [1.29, 1.82) is 0 Å². The number of halogens is 4. The minimum atomic E-state index is -4.79. The van der Waals surface area contributed by atoms with Crippen LogP contribution in [0.1, 0.15) is 61.6 Å². The highest BCUT2D eigenvalue weighted by Gasteiger charge is 2.38. The molecule has 18 heteroatoms. The molecule has 5 aliphatic rings. The number of piperazine rings is 1. The molecule has 2 aromatic rings. The van der Waals surface area contributed by atoms with Gasteiger partial charge < -0.3 is 35.2 Å². The quantitative estimate of drug-likeness (QED) is 0.229. The molecule has 0 aliphatic carbocycles. The number of piperidine rings is 3. The van der Waals surface area contributed by atoms with Crippen LogP contribution in [-0.4, -0.2) is 163 Å². The summed E-state index contributed by atoms with van der Waals surface area (Å²) in [7, 11) is 0. The summed E-state index contributed by atoms with van der Waals surface area (Å²) in [5, 5.41) is 2.68. The van der Waals surface area contributed by atoms with E-state index in [1.165, 1.54) is 30.2 Å². The van der Waals surface area contributed by atoms with Crippen molar-refractivity contribution in [1.82, 2.24) is 29.4 Å². The second-order valence-electron chi connectivity index (χ2n) is 16.9. The lowest BCUT2D eigenvalue weighted by atomic mass is 10.0. The molecule has 4 saturated heterocycles. The zero-order valence-electron chi connectivity index (χ0n) is 34.7. The van der Waals surface area contributed by atoms with Crippen molar-refractivity contribution in [2.24, 2.45) is 0 Å². The summed E-state index contributed by atoms with van der Waals surface area (Å²) < 4.78 is 53.2. The number of nitrogens with zero attached hydrogens (tertiary/aromatic N) is 6. The second kappa shape index (κ2) is 20.2. The van der Waals surface area contributed by atoms with Crippen molar-refractivity contribution in [3.63, 3.8) is 0 Å². The first kappa shape index (κ1) is 44.7. The predicted octanol–water partition coefficient (Wildman–Crippen LogP) is 5.18. The Balaban J connectivity index is 0.925. The third-order valence-electron chi connectivity index (χ3n) is 12.9. The number of para-hydroxylation sites is 1. The number of esters is 1. The SMILES string of the molecule is Nc1c(Cl)cc(CC(OC(=O)N2CCC(N3CCc4ccccc4NC3=O)CC2)C(=O)N2CCN(C3CCN(CC(=O)OCCN4CCCCC4)CC3)CC2)cc1C(F)(F)F. The third-order valence-corrected chi connectivity index (χ3v) is 13.2. The van der Waals surface area contributed by atoms with Crippen LogP contribution in [0.4, 0.5) is 34.1 Å². The van der Waals surface area contributed by atoms with Gasteiger partial charge in [0.25, 0.3) is 5.91 Å². The Bertz CT molecular complexity index is 1860. The zero-order valence-corrected chi connectivity index (χ0v) is 35.4. The molecule has 0 radical (unpaired) electrons. The standard InChI is InChI=1S/C43H58ClF3N8O6/c44-35-27-30(26-34(39(35)48)43(45,46)47)28-37(61-42(59)54-17-11-33(12-18-54)55-19-8-31-6-2-3-7-36(31)49-41(55)58)40(57)53-22-20-52(21-23-53)32-9-15-51(16-10-32)29-38(56)60-25-24-50-13-4-1-5-14-50/h2-3,6-7,26-27,32-33,37H,1,4-5,8-25,28-29,48H2,(H,49,58). The fourth-order valence-corrected chi connectivity index (χ4v) is 9.61. The summed E-state index contributed by atoms with van der Waals surface area (Å²) >= 11 is 6.16. The number of ether oxygens (including phenoxy) is 2. The van der Waals surface area contributed by atoms with E-state index in [-0.39, 0.29) is 60.7 Å². The number of carbonyl (C=O) groups excluding carboxylic acids is 4. The number of rotatable bonds is 11. The predicted molar refractivity (Wildman–Crippen MR) is 224 cm³/mol. The first-order chi connectivity index (χ1) is 29.3. The summed E-state index contributed by atoms with van der Waals surface area (Å²) in [5.41, 5.74) is 5.85. The van der Waals surface area contributed by atoms with Crippen LogP contribution in [0.5, 0.6) is 0 Å². The minimum Gasteiger partial charge on any atom is -0.463 e. The highest BCUT2D eigenvalue weighted by Crippen LogP contribution is 2.38. The van der Waals surface area contributed by atoms with Gasteiger partial charge in [0.2, 0.25) is 0 Å². The topological polar surface area (TPSA) is 144 Å². The Morgan fingerprint density at radius 3 is 2.23 bits per heavy atom. The monoisotopic (exact) mass is 874 g/mol. The Hall–Kier alpha value is -4.32. The van der Waals surface area contributed by atoms with Gasteiger partial charge in [0.05, 0.1) is 22.8 Å². The fraction of sp³-hybridized carbons (Fsp3) is 0.628. The number of nitrogens with one attached hydrogen (secondary N) is 1. The summed E-state index contributed by atoms with van der Waals surface area (Å²) in [5.74, 6) is -0.703. The molecule has 4 fully saturated rings. The molecule has 4 amide bonds. The number of benzene rings is 2. The van der Waals surface area contributed by atoms with Crippen molar-refractivity contribution in [2.75, 3.05) is 103 Å². The zero-order chi connectivity index (χ0) is 43.1. The number of alkyl halides is 3. The largest absolute Gasteiger partial charge is 0.463 e. The van der Waals surface area contributed by atoms with Gasteiger partial charge in [-0.15, -0.1) is 0 Å². The van der Waals surface area contributed by atoms with E-state index in [0.717, 1.165) is 62.9 Å². The maximum atomic E-state index is 14.2. The Labute approximate surface area is 360 Å². The van der Waals surface area contributed by atoms with Gasteiger partial charge >= 0.3 is 24.3 Å². The lowest BCUT2D eigenvalue weighted by Crippen LogP contribution is -2.57. The van der Waals surface area contributed by atoms with E-state index in [0.29, 0.717) is 58.6 Å². The number of anilines is 2. The van der Waals surface area contributed by atoms with Gasteiger partial charge in [-0.05, 0) is 87.4 Å². The van der Waals surface area contributed by atoms with E-state index in [9.17, 15) is 32.3 Å². The van der Waals surface area contributed by atoms with Crippen LogP contribution in [0.25, 0.3) is 0 Å². The molecule has 0 aromatic heterocycles. The highest BCUT2D eigenvalue weighted by molar-refractivity contribution is 6.33. The van der Waals surface area contributed by atoms with Crippen molar-refractivity contribution < 1.29 is 41.8 Å². The molecule has 2 aromatic carbocycles. The number of hydrogen-bond donors (Lipinski definition) is 2. The smallest absolute Gasteiger partial charge is 0.418 e. The normalized spacial score (nSPS) is 21.0. The van der Waals surface area contributed by atoms with E-state index in [1.807, 2.05) is 24.3 Å². The maximum absolute atomic E-state index is 14.2. The number of nitrogen functional groups attached to an aromatic ring is 1. The minimum absolute atomic E-state index is 0.0563. The molecule has 0 spiro atoms. The maximum Gasteiger partial charge on any atom is 0.418 e. The van der Waals surface area contributed by atoms with E-state index in [4.69, 9.17) is 26.8 Å². The molecule has 3 N–H and O–H groups in total. The van der Waals surface area contributed by atoms with E-state index < -0.39 is 35.5 Å². The average molecular weight is 875 g/mol. The van der Waals surface area contributed by atoms with Crippen LogP contribution >= 0.6 is 11.6 Å². The molecule has 61 heavy (non-hydrogen) atoms. The van der Waals surface area contributed by atoms with Gasteiger partial charge in [-0.2, -0.15) is 13.2 Å². The van der Waals surface area contributed by atoms with Crippen LogP contribution < -0.4 is 11.1 Å². The Morgan fingerprint density at radius 1 is 0.836 bits per heavy atom. The van der Waals surface area contributed by atoms with Crippen LogP contribution in [0.2, 0.25) is 5.02 Å². The molecule has 334 valence electrons. The van der Waals surface area contributed by atoms with Crippen molar-refractivity contribution >= 4 is 47.0 Å². The molecule has 1 unspecified atom stereocenters. The third kappa shape index (κ3) is 11.6. The molecular formula is C43H58ClF3N8O6. The number of fused-ring (bicyclic) bond motifs is 1. The van der Waals surface area contributed by atoms with Gasteiger partial charge in [0.15, 0.2) is 6.10 Å². The van der Waals surface area contributed by atoms with Crippen molar-refractivity contribution in [3.8, 4) is 0 Å². The summed E-state index contributed by atoms with van der Waals surface area (Å²) in [6, 6.07) is 9.76. The average Bonchev–Trinajstić information content (AvgIpc) is 3.42. The second-order valence-corrected chi connectivity index (χ2v) is 17.3. The molecule has 0 bridgehead atoms. The number of hydrogen-bond acceptors (Lipinski definition) is 10. The molecule has 5 aliphatic heterocycles. The van der Waals surface area contributed by atoms with Gasteiger partial charge in [0, 0.05) is 89.6 Å². The number of nitrogens with two attached hydrogens (primary N) is 1. The van der Waals surface area contributed by atoms with Gasteiger partial charge in [-0.25, -0.2) is 9.59 Å². The van der Waals surface area contributed by atoms with Crippen molar-refractivity contribution in [3.05, 3.63) is 58.1 Å². The molecular weight excluding hydrogens is 817 g/mol. The molecule has 5 heterocycles. The Morgan fingerprint density at radius 2 is 1.52 bits per heavy atom. The van der Waals surface area contributed by atoms with Crippen LogP contribution in [0.3, 0.4) is 0 Å².